The molecule has 0 amide bonds. The van der Waals surface area contributed by atoms with Gasteiger partial charge in [-0.15, -0.1) is 0 Å². The van der Waals surface area contributed by atoms with E-state index in [1.54, 1.807) is 24.0 Å². The molecule has 1 aliphatic rings. The van der Waals surface area contributed by atoms with Gasteiger partial charge in [-0.1, -0.05) is 0 Å². The lowest BCUT2D eigenvalue weighted by molar-refractivity contribution is 0.312. The maximum absolute atomic E-state index is 13.0. The van der Waals surface area contributed by atoms with E-state index in [2.05, 4.69) is 15.0 Å². The van der Waals surface area contributed by atoms with E-state index in [1.165, 1.54) is 16.8 Å². The summed E-state index contributed by atoms with van der Waals surface area (Å²) in [6.45, 7) is 0.853. The molecule has 0 bridgehead atoms. The van der Waals surface area contributed by atoms with Crippen LogP contribution in [-0.4, -0.2) is 64.4 Å². The summed E-state index contributed by atoms with van der Waals surface area (Å²) in [6.07, 6.45) is 8.11. The van der Waals surface area contributed by atoms with E-state index in [4.69, 9.17) is 4.98 Å². The van der Waals surface area contributed by atoms with Crippen LogP contribution in [0.25, 0.3) is 11.4 Å². The second-order valence-corrected chi connectivity index (χ2v) is 9.58. The van der Waals surface area contributed by atoms with Crippen molar-refractivity contribution < 1.29 is 8.42 Å². The summed E-state index contributed by atoms with van der Waals surface area (Å²) >= 11 is 0. The van der Waals surface area contributed by atoms with E-state index in [9.17, 15) is 8.42 Å². The van der Waals surface area contributed by atoms with Crippen molar-refractivity contribution in [2.45, 2.75) is 23.8 Å². The highest BCUT2D eigenvalue weighted by Gasteiger charge is 2.33. The van der Waals surface area contributed by atoms with Gasteiger partial charge in [-0.3, -0.25) is 4.98 Å². The largest absolute Gasteiger partial charge is 0.363 e. The summed E-state index contributed by atoms with van der Waals surface area (Å²) in [5.74, 6) is 1.35. The standard InChI is InChI=1S/C20H25N7O2S/c1-25(2)18-10-17(23-20(24-18)15-6-4-8-21-11-15)16-7-5-9-27(12-16)30(28,29)19-13-26(3)14-22-19/h4,6,8,10-11,13-14,16H,5,7,9,12H2,1-3H3/t16-/m0/s1. The van der Waals surface area contributed by atoms with Crippen molar-refractivity contribution in [3.8, 4) is 11.4 Å². The monoisotopic (exact) mass is 427 g/mol. The summed E-state index contributed by atoms with van der Waals surface area (Å²) in [4.78, 5) is 19.6. The predicted molar refractivity (Wildman–Crippen MR) is 114 cm³/mol. The third-order valence-electron chi connectivity index (χ3n) is 5.20. The van der Waals surface area contributed by atoms with E-state index in [-0.39, 0.29) is 10.9 Å². The van der Waals surface area contributed by atoms with Crippen molar-refractivity contribution in [3.05, 3.63) is 48.8 Å². The van der Waals surface area contributed by atoms with E-state index in [0.29, 0.717) is 18.9 Å². The number of nitrogens with zero attached hydrogens (tertiary/aromatic N) is 7. The van der Waals surface area contributed by atoms with Crippen molar-refractivity contribution in [3.63, 3.8) is 0 Å². The Balaban J connectivity index is 1.67. The maximum Gasteiger partial charge on any atom is 0.262 e. The summed E-state index contributed by atoms with van der Waals surface area (Å²) in [6, 6.07) is 5.72. The molecule has 0 radical (unpaired) electrons. The molecule has 1 saturated heterocycles. The number of rotatable bonds is 5. The van der Waals surface area contributed by atoms with Gasteiger partial charge in [-0.2, -0.15) is 4.31 Å². The summed E-state index contributed by atoms with van der Waals surface area (Å²) in [5, 5.41) is 0.0818. The fraction of sp³-hybridized carbons (Fsp3) is 0.400. The summed E-state index contributed by atoms with van der Waals surface area (Å²) in [5.41, 5.74) is 1.67. The Morgan fingerprint density at radius 1 is 1.23 bits per heavy atom. The lowest BCUT2D eigenvalue weighted by Crippen LogP contribution is -2.39. The number of hydrogen-bond acceptors (Lipinski definition) is 7. The molecule has 4 rings (SSSR count). The molecule has 0 aliphatic carbocycles. The fourth-order valence-corrected chi connectivity index (χ4v) is 5.06. The molecule has 0 N–H and O–H groups in total. The van der Waals surface area contributed by atoms with Crippen LogP contribution in [0.2, 0.25) is 0 Å². The Morgan fingerprint density at radius 2 is 2.07 bits per heavy atom. The van der Waals surface area contributed by atoms with Crippen LogP contribution in [0, 0.1) is 0 Å². The Hall–Kier alpha value is -2.85. The first-order chi connectivity index (χ1) is 14.3. The van der Waals surface area contributed by atoms with E-state index >= 15 is 0 Å². The summed E-state index contributed by atoms with van der Waals surface area (Å²) in [7, 11) is 1.98. The molecule has 4 heterocycles. The topological polar surface area (TPSA) is 97.1 Å². The minimum absolute atomic E-state index is 0.0191. The van der Waals surface area contributed by atoms with Crippen molar-refractivity contribution >= 4 is 15.8 Å². The Morgan fingerprint density at radius 3 is 2.73 bits per heavy atom. The van der Waals surface area contributed by atoms with Crippen molar-refractivity contribution in [2.75, 3.05) is 32.1 Å². The molecule has 0 aromatic carbocycles. The van der Waals surface area contributed by atoms with Gasteiger partial charge >= 0.3 is 0 Å². The lowest BCUT2D eigenvalue weighted by atomic mass is 9.95. The van der Waals surface area contributed by atoms with Gasteiger partial charge in [0.15, 0.2) is 10.9 Å². The molecule has 1 fully saturated rings. The molecule has 10 heteroatoms. The quantitative estimate of drug-likeness (QED) is 0.613. The molecule has 9 nitrogen and oxygen atoms in total. The molecule has 0 saturated carbocycles. The normalized spacial score (nSPS) is 17.8. The first-order valence-corrected chi connectivity index (χ1v) is 11.2. The third kappa shape index (κ3) is 4.05. The molecule has 3 aromatic rings. The van der Waals surface area contributed by atoms with Gasteiger partial charge in [0, 0.05) is 70.4 Å². The second kappa shape index (κ2) is 8.11. The van der Waals surface area contributed by atoms with Crippen molar-refractivity contribution in [1.82, 2.24) is 28.8 Å². The van der Waals surface area contributed by atoms with Crippen molar-refractivity contribution in [1.29, 1.82) is 0 Å². The molecule has 1 aliphatic heterocycles. The molecule has 0 spiro atoms. The van der Waals surface area contributed by atoms with Crippen LogP contribution in [0.15, 0.2) is 48.1 Å². The molecule has 158 valence electrons. The van der Waals surface area contributed by atoms with Gasteiger partial charge in [0.25, 0.3) is 10.0 Å². The first-order valence-electron chi connectivity index (χ1n) is 9.79. The Bertz CT molecular complexity index is 1130. The molecular formula is C20H25N7O2S. The average Bonchev–Trinajstić information content (AvgIpc) is 3.21. The van der Waals surface area contributed by atoms with Gasteiger partial charge in [-0.05, 0) is 25.0 Å². The number of aromatic nitrogens is 5. The zero-order valence-corrected chi connectivity index (χ0v) is 18.1. The van der Waals surface area contributed by atoms with Crippen LogP contribution in [0.5, 0.6) is 0 Å². The highest BCUT2D eigenvalue weighted by molar-refractivity contribution is 7.89. The number of piperidine rings is 1. The zero-order valence-electron chi connectivity index (χ0n) is 17.3. The second-order valence-electron chi connectivity index (χ2n) is 7.69. The number of aryl methyl sites for hydroxylation is 1. The van der Waals surface area contributed by atoms with Gasteiger partial charge in [-0.25, -0.2) is 23.4 Å². The molecule has 1 atom stereocenters. The number of anilines is 1. The van der Waals surface area contributed by atoms with Crippen molar-refractivity contribution in [2.24, 2.45) is 7.05 Å². The minimum Gasteiger partial charge on any atom is -0.363 e. The van der Waals surface area contributed by atoms with E-state index in [0.717, 1.165) is 29.9 Å². The van der Waals surface area contributed by atoms with Gasteiger partial charge in [0.2, 0.25) is 0 Å². The smallest absolute Gasteiger partial charge is 0.262 e. The van der Waals surface area contributed by atoms with E-state index < -0.39 is 10.0 Å². The van der Waals surface area contributed by atoms with Crippen LogP contribution in [0.4, 0.5) is 5.82 Å². The first kappa shape index (κ1) is 20.4. The predicted octanol–water partition coefficient (Wildman–Crippen LogP) is 1.91. The SMILES string of the molecule is CN(C)c1cc([C@H]2CCCN(S(=O)(=O)c3cn(C)cn3)C2)nc(-c2cccnc2)n1. The van der Waals surface area contributed by atoms with Crippen LogP contribution in [0.1, 0.15) is 24.5 Å². The van der Waals surface area contributed by atoms with Crippen LogP contribution >= 0.6 is 0 Å². The number of hydrogen-bond donors (Lipinski definition) is 0. The van der Waals surface area contributed by atoms with Gasteiger partial charge in [0.05, 0.1) is 12.0 Å². The van der Waals surface area contributed by atoms with Crippen LogP contribution < -0.4 is 4.90 Å². The molecule has 0 unspecified atom stereocenters. The Kier molecular flexibility index (Phi) is 5.52. The number of sulfonamides is 1. The average molecular weight is 428 g/mol. The highest BCUT2D eigenvalue weighted by atomic mass is 32.2. The zero-order chi connectivity index (χ0) is 21.3. The summed E-state index contributed by atoms with van der Waals surface area (Å²) < 4.78 is 29.2. The molecule has 3 aromatic heterocycles. The Labute approximate surface area is 176 Å². The van der Waals surface area contributed by atoms with E-state index in [1.807, 2.05) is 37.2 Å². The molecule has 30 heavy (non-hydrogen) atoms. The highest BCUT2D eigenvalue weighted by Crippen LogP contribution is 2.31. The van der Waals surface area contributed by atoms with Crippen LogP contribution in [-0.2, 0) is 17.1 Å². The third-order valence-corrected chi connectivity index (χ3v) is 6.95. The molecular weight excluding hydrogens is 402 g/mol. The fourth-order valence-electron chi connectivity index (χ4n) is 3.57. The lowest BCUT2D eigenvalue weighted by Gasteiger charge is -2.31. The number of pyridine rings is 1. The van der Waals surface area contributed by atoms with Gasteiger partial charge < -0.3 is 9.47 Å². The number of imidazole rings is 1. The van der Waals surface area contributed by atoms with Crippen LogP contribution in [0.3, 0.4) is 0 Å². The maximum atomic E-state index is 13.0. The minimum atomic E-state index is -3.63. The van der Waals surface area contributed by atoms with Gasteiger partial charge in [0.1, 0.15) is 5.82 Å².